The molecule has 0 aliphatic rings. The minimum Gasteiger partial charge on any atom is -0.478 e. The fraction of sp³-hybridized carbons (Fsp3) is 0.0952. The minimum atomic E-state index is -1.07. The van der Waals surface area contributed by atoms with Gasteiger partial charge < -0.3 is 5.11 Å². The van der Waals surface area contributed by atoms with Crippen LogP contribution in [0.25, 0.3) is 11.3 Å². The highest BCUT2D eigenvalue weighted by Gasteiger charge is 2.14. The van der Waals surface area contributed by atoms with Crippen LogP contribution in [-0.2, 0) is 17.6 Å². The quantitative estimate of drug-likeness (QED) is 0.700. The molecule has 1 heterocycles. The normalized spacial score (nSPS) is 10.5. The van der Waals surface area contributed by atoms with Gasteiger partial charge in [0.05, 0.1) is 11.3 Å². The van der Waals surface area contributed by atoms with Crippen LogP contribution in [0.2, 0.25) is 5.02 Å². The number of carboxylic acids is 1. The van der Waals surface area contributed by atoms with Crippen LogP contribution in [0.15, 0.2) is 66.9 Å². The number of aromatic nitrogens is 1. The van der Waals surface area contributed by atoms with Crippen LogP contribution >= 0.6 is 11.6 Å². The van der Waals surface area contributed by atoms with Crippen LogP contribution in [0.1, 0.15) is 21.5 Å². The third kappa shape index (κ3) is 4.35. The summed E-state index contributed by atoms with van der Waals surface area (Å²) < 4.78 is 0. The van der Waals surface area contributed by atoms with Crippen LogP contribution in [0.5, 0.6) is 0 Å². The van der Waals surface area contributed by atoms with Gasteiger partial charge >= 0.3 is 5.97 Å². The molecular formula is C21H16ClNO3. The number of rotatable bonds is 6. The van der Waals surface area contributed by atoms with E-state index >= 15 is 0 Å². The summed E-state index contributed by atoms with van der Waals surface area (Å²) in [5, 5.41) is 9.67. The van der Waals surface area contributed by atoms with E-state index in [0.717, 1.165) is 16.8 Å². The molecule has 0 saturated heterocycles. The number of hydrogen-bond donors (Lipinski definition) is 1. The number of carboxylic acid groups (broad SMARTS) is 1. The molecule has 0 aliphatic heterocycles. The van der Waals surface area contributed by atoms with Gasteiger partial charge in [0.1, 0.15) is 5.78 Å². The Morgan fingerprint density at radius 2 is 1.81 bits per heavy atom. The average molecular weight is 366 g/mol. The van der Waals surface area contributed by atoms with Crippen molar-refractivity contribution in [2.45, 2.75) is 12.8 Å². The van der Waals surface area contributed by atoms with Crippen LogP contribution < -0.4 is 0 Å². The van der Waals surface area contributed by atoms with E-state index < -0.39 is 5.97 Å². The topological polar surface area (TPSA) is 67.3 Å². The number of nitrogens with zero attached hydrogens (tertiary/aromatic N) is 1. The van der Waals surface area contributed by atoms with Crippen molar-refractivity contribution in [1.82, 2.24) is 4.98 Å². The third-order valence-corrected chi connectivity index (χ3v) is 4.21. The summed E-state index contributed by atoms with van der Waals surface area (Å²) in [7, 11) is 0. The zero-order chi connectivity index (χ0) is 18.5. The van der Waals surface area contributed by atoms with Gasteiger partial charge in [-0.3, -0.25) is 9.78 Å². The molecule has 0 atom stereocenters. The van der Waals surface area contributed by atoms with Crippen molar-refractivity contribution in [3.63, 3.8) is 0 Å². The molecule has 0 fully saturated rings. The van der Waals surface area contributed by atoms with E-state index in [2.05, 4.69) is 4.98 Å². The van der Waals surface area contributed by atoms with Gasteiger partial charge in [0.2, 0.25) is 0 Å². The summed E-state index contributed by atoms with van der Waals surface area (Å²) in [5.41, 5.74) is 3.16. The van der Waals surface area contributed by atoms with Crippen molar-refractivity contribution in [2.75, 3.05) is 0 Å². The Hall–Kier alpha value is -2.98. The molecule has 0 spiro atoms. The van der Waals surface area contributed by atoms with Crippen molar-refractivity contribution in [1.29, 1.82) is 0 Å². The zero-order valence-electron chi connectivity index (χ0n) is 13.9. The molecule has 0 radical (unpaired) electrons. The lowest BCUT2D eigenvalue weighted by atomic mass is 9.97. The fourth-order valence-corrected chi connectivity index (χ4v) is 2.99. The molecule has 1 aromatic heterocycles. The predicted molar refractivity (Wildman–Crippen MR) is 100 cm³/mol. The summed E-state index contributed by atoms with van der Waals surface area (Å²) in [4.78, 5) is 28.1. The molecule has 0 amide bonds. The number of pyridine rings is 1. The number of carbonyl (C=O) groups excluding carboxylic acids is 1. The van der Waals surface area contributed by atoms with E-state index in [-0.39, 0.29) is 24.2 Å². The zero-order valence-corrected chi connectivity index (χ0v) is 14.6. The Morgan fingerprint density at radius 3 is 2.54 bits per heavy atom. The van der Waals surface area contributed by atoms with Gasteiger partial charge in [-0.15, -0.1) is 0 Å². The molecule has 3 aromatic rings. The number of carbonyl (C=O) groups is 2. The number of Topliss-reactive ketones (excluding diaryl/α,β-unsaturated/α-hetero) is 1. The van der Waals surface area contributed by atoms with Gasteiger partial charge in [-0.05, 0) is 47.5 Å². The second-order valence-corrected chi connectivity index (χ2v) is 6.35. The molecule has 0 aliphatic carbocycles. The Balaban J connectivity index is 1.77. The molecule has 0 unspecified atom stereocenters. The highest BCUT2D eigenvalue weighted by atomic mass is 35.5. The van der Waals surface area contributed by atoms with E-state index in [0.29, 0.717) is 10.6 Å². The standard InChI is InChI=1S/C21H16ClNO3/c22-17-7-8-19(21(25)26)16(12-17)13-18(24)11-14-4-3-5-15(10-14)20-6-1-2-9-23-20/h1-10,12H,11,13H2,(H,25,26). The lowest BCUT2D eigenvalue weighted by Gasteiger charge is -2.08. The van der Waals surface area contributed by atoms with Crippen LogP contribution in [-0.4, -0.2) is 21.8 Å². The Morgan fingerprint density at radius 1 is 0.962 bits per heavy atom. The fourth-order valence-electron chi connectivity index (χ4n) is 2.79. The number of hydrogen-bond acceptors (Lipinski definition) is 3. The molecule has 2 aromatic carbocycles. The van der Waals surface area contributed by atoms with E-state index in [1.807, 2.05) is 42.5 Å². The average Bonchev–Trinajstić information content (AvgIpc) is 2.62. The van der Waals surface area contributed by atoms with E-state index in [1.54, 1.807) is 6.20 Å². The van der Waals surface area contributed by atoms with Gasteiger partial charge in [-0.25, -0.2) is 4.79 Å². The summed E-state index contributed by atoms with van der Waals surface area (Å²) >= 11 is 5.94. The highest BCUT2D eigenvalue weighted by molar-refractivity contribution is 6.30. The number of aromatic carboxylic acids is 1. The summed E-state index contributed by atoms with van der Waals surface area (Å²) in [6, 6.07) is 17.8. The van der Waals surface area contributed by atoms with Crippen molar-refractivity contribution in [3.8, 4) is 11.3 Å². The smallest absolute Gasteiger partial charge is 0.335 e. The van der Waals surface area contributed by atoms with E-state index in [9.17, 15) is 14.7 Å². The van der Waals surface area contributed by atoms with Crippen molar-refractivity contribution >= 4 is 23.4 Å². The maximum Gasteiger partial charge on any atom is 0.335 e. The molecule has 0 bridgehead atoms. The largest absolute Gasteiger partial charge is 0.478 e. The van der Waals surface area contributed by atoms with Crippen molar-refractivity contribution < 1.29 is 14.7 Å². The minimum absolute atomic E-state index is 0.0238. The first-order valence-corrected chi connectivity index (χ1v) is 8.44. The van der Waals surface area contributed by atoms with Gasteiger partial charge in [0, 0.05) is 29.6 Å². The van der Waals surface area contributed by atoms with Crippen LogP contribution in [0, 0.1) is 0 Å². The monoisotopic (exact) mass is 365 g/mol. The summed E-state index contributed by atoms with van der Waals surface area (Å²) in [6.07, 6.45) is 1.96. The first-order valence-electron chi connectivity index (χ1n) is 8.06. The SMILES string of the molecule is O=C(Cc1cccc(-c2ccccn2)c1)Cc1cc(Cl)ccc1C(=O)O. The first kappa shape index (κ1) is 17.8. The summed E-state index contributed by atoms with van der Waals surface area (Å²) in [6.45, 7) is 0. The molecule has 3 rings (SSSR count). The highest BCUT2D eigenvalue weighted by Crippen LogP contribution is 2.20. The molecular weight excluding hydrogens is 350 g/mol. The lowest BCUT2D eigenvalue weighted by Crippen LogP contribution is -2.11. The third-order valence-electron chi connectivity index (χ3n) is 3.97. The number of benzene rings is 2. The molecule has 1 N–H and O–H groups in total. The Labute approximate surface area is 156 Å². The second kappa shape index (κ2) is 7.93. The van der Waals surface area contributed by atoms with Gasteiger partial charge in [0.15, 0.2) is 0 Å². The molecule has 4 nitrogen and oxygen atoms in total. The van der Waals surface area contributed by atoms with Gasteiger partial charge in [0.25, 0.3) is 0 Å². The van der Waals surface area contributed by atoms with Gasteiger partial charge in [-0.2, -0.15) is 0 Å². The predicted octanol–water partition coefficient (Wildman–Crippen LogP) is 4.45. The van der Waals surface area contributed by atoms with Crippen molar-refractivity contribution in [2.24, 2.45) is 0 Å². The molecule has 0 saturated carbocycles. The Kier molecular flexibility index (Phi) is 5.44. The van der Waals surface area contributed by atoms with E-state index in [4.69, 9.17) is 11.6 Å². The van der Waals surface area contributed by atoms with Crippen LogP contribution in [0.3, 0.4) is 0 Å². The van der Waals surface area contributed by atoms with Crippen LogP contribution in [0.4, 0.5) is 0 Å². The number of ketones is 1. The maximum absolute atomic E-state index is 12.5. The first-order chi connectivity index (χ1) is 12.5. The number of halogens is 1. The lowest BCUT2D eigenvalue weighted by molar-refractivity contribution is -0.117. The Bertz CT molecular complexity index is 954. The van der Waals surface area contributed by atoms with Gasteiger partial charge in [-0.1, -0.05) is 35.9 Å². The molecule has 26 heavy (non-hydrogen) atoms. The second-order valence-electron chi connectivity index (χ2n) is 5.91. The molecule has 5 heteroatoms. The van der Waals surface area contributed by atoms with Crippen molar-refractivity contribution in [3.05, 3.63) is 88.6 Å². The van der Waals surface area contributed by atoms with E-state index in [1.165, 1.54) is 18.2 Å². The maximum atomic E-state index is 12.5. The summed E-state index contributed by atoms with van der Waals surface area (Å²) in [5.74, 6) is -1.14. The molecule has 130 valence electrons.